The van der Waals surface area contributed by atoms with Crippen LogP contribution < -0.4 is 0 Å². The summed E-state index contributed by atoms with van der Waals surface area (Å²) in [6.45, 7) is 1.50. The van der Waals surface area contributed by atoms with Crippen molar-refractivity contribution in [2.75, 3.05) is 13.2 Å². The minimum absolute atomic E-state index is 0.526. The minimum Gasteiger partial charge on any atom is -0.472 e. The molecule has 58 heavy (non-hydrogen) atoms. The van der Waals surface area contributed by atoms with Crippen molar-refractivity contribution in [3.63, 3.8) is 0 Å². The average molecular weight is 811 g/mol. The molecule has 17 heteroatoms. The maximum absolute atomic E-state index is 13.4. The minimum atomic E-state index is -1.74. The summed E-state index contributed by atoms with van der Waals surface area (Å²) in [5.41, 5.74) is 0.136. The lowest BCUT2D eigenvalue weighted by Crippen LogP contribution is -2.62. The number of hydrogen-bond acceptors (Lipinski definition) is 17. The van der Waals surface area contributed by atoms with Gasteiger partial charge in [-0.1, -0.05) is 60.7 Å². The SMILES string of the molecule is CC(=O)O[C@H]1[C@H](O[C@H]2[C@H]3C=CO[C@@H](O[C@@H]4O[C@H](CO)[C@@H](O)[C@H](O)[C@H]4O)[C@@H]3[C@@]3(CO)O[C@@H]23)O[C@@H](C)[C@H](OC(=O)/C=C/c2ccccc2)[C@H]1OC(=O)/C=C/c1ccccc1. The Hall–Kier alpha value is -4.53. The van der Waals surface area contributed by atoms with E-state index in [1.807, 2.05) is 12.1 Å². The summed E-state index contributed by atoms with van der Waals surface area (Å²) in [7, 11) is 0. The second kappa shape index (κ2) is 17.8. The predicted molar refractivity (Wildman–Crippen MR) is 196 cm³/mol. The maximum atomic E-state index is 13.4. The molecule has 2 aromatic rings. The summed E-state index contributed by atoms with van der Waals surface area (Å²) in [5, 5.41) is 51.6. The number of fused-ring (bicyclic) bond motifs is 3. The van der Waals surface area contributed by atoms with Gasteiger partial charge in [-0.3, -0.25) is 4.79 Å². The van der Waals surface area contributed by atoms with Crippen LogP contribution in [0.2, 0.25) is 0 Å². The molecule has 0 bridgehead atoms. The second-order valence-corrected chi connectivity index (χ2v) is 14.6. The molecule has 16 atom stereocenters. The van der Waals surface area contributed by atoms with Crippen LogP contribution >= 0.6 is 0 Å². The molecule has 1 saturated carbocycles. The van der Waals surface area contributed by atoms with Gasteiger partial charge in [-0.15, -0.1) is 0 Å². The lowest BCUT2D eigenvalue weighted by Gasteiger charge is -2.45. The van der Waals surface area contributed by atoms with Crippen LogP contribution in [-0.2, 0) is 57.0 Å². The smallest absolute Gasteiger partial charge is 0.331 e. The first-order valence-corrected chi connectivity index (χ1v) is 18.9. The topological polar surface area (TPSA) is 239 Å². The van der Waals surface area contributed by atoms with Crippen molar-refractivity contribution in [2.24, 2.45) is 11.8 Å². The van der Waals surface area contributed by atoms with E-state index in [0.29, 0.717) is 5.56 Å². The van der Waals surface area contributed by atoms with Gasteiger partial charge in [0, 0.05) is 25.0 Å². The van der Waals surface area contributed by atoms with Crippen molar-refractivity contribution in [1.82, 2.24) is 0 Å². The summed E-state index contributed by atoms with van der Waals surface area (Å²) in [6, 6.07) is 18.0. The summed E-state index contributed by atoms with van der Waals surface area (Å²) in [4.78, 5) is 39.3. The van der Waals surface area contributed by atoms with E-state index >= 15 is 0 Å². The van der Waals surface area contributed by atoms with Gasteiger partial charge >= 0.3 is 17.9 Å². The molecule has 7 rings (SSSR count). The van der Waals surface area contributed by atoms with E-state index in [-0.39, 0.29) is 0 Å². The Morgan fingerprint density at radius 3 is 1.93 bits per heavy atom. The van der Waals surface area contributed by atoms with Gasteiger partial charge < -0.3 is 68.2 Å². The van der Waals surface area contributed by atoms with E-state index in [0.717, 1.165) is 12.5 Å². The van der Waals surface area contributed by atoms with E-state index in [9.17, 15) is 39.9 Å². The van der Waals surface area contributed by atoms with Crippen molar-refractivity contribution in [2.45, 2.75) is 99.4 Å². The van der Waals surface area contributed by atoms with Crippen LogP contribution in [0.15, 0.2) is 85.2 Å². The third-order valence-corrected chi connectivity index (χ3v) is 10.8. The summed E-state index contributed by atoms with van der Waals surface area (Å²) < 4.78 is 53.6. The summed E-state index contributed by atoms with van der Waals surface area (Å²) in [5.74, 6) is -3.88. The Morgan fingerprint density at radius 1 is 0.724 bits per heavy atom. The molecule has 312 valence electrons. The van der Waals surface area contributed by atoms with Crippen LogP contribution in [0.5, 0.6) is 0 Å². The molecule has 5 N–H and O–H groups in total. The Labute approximate surface area is 332 Å². The molecule has 3 saturated heterocycles. The van der Waals surface area contributed by atoms with E-state index in [1.165, 1.54) is 24.5 Å². The van der Waals surface area contributed by atoms with Gasteiger partial charge in [0.2, 0.25) is 6.29 Å². The molecule has 0 amide bonds. The molecule has 4 heterocycles. The van der Waals surface area contributed by atoms with Crippen molar-refractivity contribution in [3.05, 3.63) is 96.3 Å². The highest BCUT2D eigenvalue weighted by atomic mass is 16.8. The largest absolute Gasteiger partial charge is 0.472 e. The van der Waals surface area contributed by atoms with E-state index in [1.54, 1.807) is 67.6 Å². The zero-order chi connectivity index (χ0) is 41.1. The number of esters is 3. The highest BCUT2D eigenvalue weighted by Gasteiger charge is 2.77. The van der Waals surface area contributed by atoms with E-state index in [2.05, 4.69) is 0 Å². The quantitative estimate of drug-likeness (QED) is 0.0795. The molecule has 17 nitrogen and oxygen atoms in total. The fourth-order valence-corrected chi connectivity index (χ4v) is 7.96. The molecule has 0 radical (unpaired) electrons. The number of epoxide rings is 1. The lowest BCUT2D eigenvalue weighted by atomic mass is 9.85. The van der Waals surface area contributed by atoms with Crippen LogP contribution in [0, 0.1) is 11.8 Å². The molecule has 2 aromatic carbocycles. The number of rotatable bonds is 13. The maximum Gasteiger partial charge on any atom is 0.331 e. The number of carbonyl (C=O) groups excluding carboxylic acids is 3. The highest BCUT2D eigenvalue weighted by Crippen LogP contribution is 2.61. The second-order valence-electron chi connectivity index (χ2n) is 14.6. The van der Waals surface area contributed by atoms with E-state index in [4.69, 9.17) is 42.6 Å². The predicted octanol–water partition coefficient (Wildman–Crippen LogP) is 0.361. The molecule has 0 spiro atoms. The molecule has 1 aliphatic carbocycles. The van der Waals surface area contributed by atoms with Gasteiger partial charge in [-0.05, 0) is 36.3 Å². The molecule has 0 aromatic heterocycles. The van der Waals surface area contributed by atoms with Crippen molar-refractivity contribution in [3.8, 4) is 0 Å². The van der Waals surface area contributed by atoms with Crippen molar-refractivity contribution >= 4 is 30.1 Å². The van der Waals surface area contributed by atoms with Crippen molar-refractivity contribution < 1.29 is 82.5 Å². The Balaban J connectivity index is 1.14. The van der Waals surface area contributed by atoms with Gasteiger partial charge in [-0.25, -0.2) is 9.59 Å². The number of carbonyl (C=O) groups is 3. The van der Waals surface area contributed by atoms with Crippen LogP contribution in [-0.4, -0.2) is 142 Å². The third kappa shape index (κ3) is 8.60. The van der Waals surface area contributed by atoms with Crippen molar-refractivity contribution in [1.29, 1.82) is 0 Å². The first-order valence-electron chi connectivity index (χ1n) is 18.9. The first kappa shape index (κ1) is 41.6. The van der Waals surface area contributed by atoms with Crippen LogP contribution in [0.25, 0.3) is 12.2 Å². The molecule has 0 unspecified atom stereocenters. The number of aliphatic hydroxyl groups is 5. The zero-order valence-electron chi connectivity index (χ0n) is 31.4. The normalized spacial score (nSPS) is 39.1. The zero-order valence-corrected chi connectivity index (χ0v) is 31.4. The van der Waals surface area contributed by atoms with Gasteiger partial charge in [-0.2, -0.15) is 0 Å². The average Bonchev–Trinajstić information content (AvgIpc) is 3.90. The number of ether oxygens (including phenoxy) is 9. The first-order chi connectivity index (χ1) is 27.9. The standard InChI is InChI=1S/C41H46O17/c1-21-33(54-27(45)15-13-23-9-5-3-6-10-23)35(55-28(46)16-14-24-11-7-4-8-12-24)36(52-22(2)44)40(51-21)56-34-25-17-18-50-38(29(25)41(20-43)37(34)58-41)57-39-32(49)31(48)30(47)26(19-42)53-39/h3-18,21,25-26,29-40,42-43,47-49H,19-20H2,1-2H3/b15-13+,16-14+/t21-,25-,26+,29+,30+,31-,32+,33-,34-,35+,36+,37-,38-,39-,40-,41+/m0/s1. The fraction of sp³-hybridized carbons (Fsp3) is 0.488. The molecule has 4 aliphatic heterocycles. The lowest BCUT2D eigenvalue weighted by molar-refractivity contribution is -0.347. The Kier molecular flexibility index (Phi) is 12.7. The number of hydrogen-bond donors (Lipinski definition) is 5. The number of aliphatic hydroxyl groups excluding tert-OH is 5. The summed E-state index contributed by atoms with van der Waals surface area (Å²) in [6.07, 6.45) is -9.16. The third-order valence-electron chi connectivity index (χ3n) is 10.8. The van der Waals surface area contributed by atoms with E-state index < -0.39 is 128 Å². The van der Waals surface area contributed by atoms with Crippen LogP contribution in [0.1, 0.15) is 25.0 Å². The van der Waals surface area contributed by atoms with Crippen LogP contribution in [0.3, 0.4) is 0 Å². The highest BCUT2D eigenvalue weighted by molar-refractivity contribution is 5.88. The fourth-order valence-electron chi connectivity index (χ4n) is 7.96. The Bertz CT molecular complexity index is 1840. The molecule has 5 aliphatic rings. The Morgan fingerprint density at radius 2 is 1.34 bits per heavy atom. The van der Waals surface area contributed by atoms with Crippen LogP contribution in [0.4, 0.5) is 0 Å². The molecular formula is C41H46O17. The van der Waals surface area contributed by atoms with Gasteiger partial charge in [0.25, 0.3) is 0 Å². The summed E-state index contributed by atoms with van der Waals surface area (Å²) >= 11 is 0. The van der Waals surface area contributed by atoms with Gasteiger partial charge in [0.1, 0.15) is 36.1 Å². The monoisotopic (exact) mass is 810 g/mol. The molecular weight excluding hydrogens is 764 g/mol. The van der Waals surface area contributed by atoms with Gasteiger partial charge in [0.15, 0.2) is 30.9 Å². The molecule has 4 fully saturated rings. The number of benzene rings is 2. The van der Waals surface area contributed by atoms with Gasteiger partial charge in [0.05, 0.1) is 37.6 Å².